The lowest BCUT2D eigenvalue weighted by Crippen LogP contribution is -3.12. The van der Waals surface area contributed by atoms with E-state index in [4.69, 9.17) is 4.74 Å². The fourth-order valence-electron chi connectivity index (χ4n) is 2.88. The summed E-state index contributed by atoms with van der Waals surface area (Å²) in [7, 11) is 0. The van der Waals surface area contributed by atoms with Crippen molar-refractivity contribution in [3.05, 3.63) is 65.2 Å². The number of rotatable bonds is 4. The van der Waals surface area contributed by atoms with Gasteiger partial charge in [-0.15, -0.1) is 0 Å². The molecule has 2 N–H and O–H groups in total. The number of amides is 1. The lowest BCUT2D eigenvalue weighted by Gasteiger charge is -2.23. The van der Waals surface area contributed by atoms with Gasteiger partial charge < -0.3 is 15.0 Å². The summed E-state index contributed by atoms with van der Waals surface area (Å²) < 4.78 is 43.6. The van der Waals surface area contributed by atoms with Gasteiger partial charge in [-0.05, 0) is 30.3 Å². The van der Waals surface area contributed by atoms with Crippen LogP contribution in [0.15, 0.2) is 48.5 Å². The third kappa shape index (κ3) is 4.83. The number of hydrogen-bond acceptors (Lipinski definition) is 2. The van der Waals surface area contributed by atoms with Crippen molar-refractivity contribution in [1.82, 2.24) is 0 Å². The van der Waals surface area contributed by atoms with Crippen molar-refractivity contribution in [2.24, 2.45) is 0 Å². The van der Waals surface area contributed by atoms with Gasteiger partial charge in [0.2, 0.25) is 0 Å². The molecule has 2 aromatic carbocycles. The number of nitrogens with one attached hydrogen (secondary N) is 2. The van der Waals surface area contributed by atoms with Crippen LogP contribution in [0.1, 0.15) is 21.5 Å². The second kappa shape index (κ2) is 7.88. The summed E-state index contributed by atoms with van der Waals surface area (Å²) in [6.45, 7) is 4.29. The van der Waals surface area contributed by atoms with Gasteiger partial charge in [0, 0.05) is 16.8 Å². The smallest absolute Gasteiger partial charge is 0.370 e. The first-order chi connectivity index (χ1) is 12.4. The number of alkyl halides is 3. The normalized spacial score (nSPS) is 15.7. The molecule has 1 saturated heterocycles. The van der Waals surface area contributed by atoms with E-state index < -0.39 is 17.6 Å². The molecule has 3 rings (SSSR count). The van der Waals surface area contributed by atoms with Gasteiger partial charge in [0.05, 0.1) is 18.8 Å². The van der Waals surface area contributed by atoms with E-state index in [1.165, 1.54) is 17.0 Å². The number of ether oxygens (including phenoxy) is 1. The molecule has 0 spiro atoms. The Bertz CT molecular complexity index is 754. The highest BCUT2D eigenvalue weighted by molar-refractivity contribution is 6.04. The number of quaternary nitrogens is 1. The topological polar surface area (TPSA) is 42.8 Å². The Morgan fingerprint density at radius 2 is 1.77 bits per heavy atom. The molecule has 0 radical (unpaired) electrons. The number of benzene rings is 2. The van der Waals surface area contributed by atoms with Gasteiger partial charge in [-0.25, -0.2) is 0 Å². The summed E-state index contributed by atoms with van der Waals surface area (Å²) >= 11 is 0. The number of anilines is 1. The number of morpholine rings is 1. The van der Waals surface area contributed by atoms with Crippen LogP contribution in [0.25, 0.3) is 0 Å². The maximum Gasteiger partial charge on any atom is 0.416 e. The minimum absolute atomic E-state index is 0.117. The summed E-state index contributed by atoms with van der Waals surface area (Å²) in [6.07, 6.45) is -4.44. The van der Waals surface area contributed by atoms with Crippen LogP contribution >= 0.6 is 0 Å². The van der Waals surface area contributed by atoms with Crippen molar-refractivity contribution in [3.8, 4) is 0 Å². The molecule has 0 unspecified atom stereocenters. The summed E-state index contributed by atoms with van der Waals surface area (Å²) in [6, 6.07) is 11.7. The van der Waals surface area contributed by atoms with Gasteiger partial charge >= 0.3 is 6.18 Å². The number of hydrogen-bond donors (Lipinski definition) is 2. The highest BCUT2D eigenvalue weighted by Crippen LogP contribution is 2.30. The molecule has 1 fully saturated rings. The zero-order chi connectivity index (χ0) is 18.6. The highest BCUT2D eigenvalue weighted by Gasteiger charge is 2.30. The maximum absolute atomic E-state index is 12.7. The number of carbonyl (C=O) groups excluding carboxylic acids is 1. The van der Waals surface area contributed by atoms with Crippen LogP contribution in [-0.4, -0.2) is 32.2 Å². The minimum Gasteiger partial charge on any atom is -0.370 e. The lowest BCUT2D eigenvalue weighted by molar-refractivity contribution is -0.921. The van der Waals surface area contributed by atoms with Gasteiger partial charge in [0.25, 0.3) is 5.91 Å². The Kier molecular flexibility index (Phi) is 5.58. The number of carbonyl (C=O) groups is 1. The first-order valence-corrected chi connectivity index (χ1v) is 8.41. The third-order valence-corrected chi connectivity index (χ3v) is 4.32. The Balaban J connectivity index is 1.63. The highest BCUT2D eigenvalue weighted by atomic mass is 19.4. The Labute approximate surface area is 149 Å². The fraction of sp³-hybridized carbons (Fsp3) is 0.316. The van der Waals surface area contributed by atoms with Crippen LogP contribution in [0.5, 0.6) is 0 Å². The zero-order valence-electron chi connectivity index (χ0n) is 14.1. The first kappa shape index (κ1) is 18.4. The van der Waals surface area contributed by atoms with Gasteiger partial charge in [-0.3, -0.25) is 4.79 Å². The van der Waals surface area contributed by atoms with Crippen molar-refractivity contribution in [3.63, 3.8) is 0 Å². The minimum atomic E-state index is -4.44. The standard InChI is InChI=1S/C19H19F3N2O2/c20-19(21,22)16-2-1-3-17(12-16)23-18(25)15-6-4-14(5-7-15)13-24-8-10-26-11-9-24/h1-7,12H,8-11,13H2,(H,23,25)/p+1. The van der Waals surface area contributed by atoms with Crippen molar-refractivity contribution >= 4 is 11.6 Å². The third-order valence-electron chi connectivity index (χ3n) is 4.32. The van der Waals surface area contributed by atoms with Gasteiger partial charge in [0.15, 0.2) is 0 Å². The van der Waals surface area contributed by atoms with Crippen LogP contribution in [0.4, 0.5) is 18.9 Å². The van der Waals surface area contributed by atoms with Crippen LogP contribution in [-0.2, 0) is 17.5 Å². The van der Waals surface area contributed by atoms with Crippen LogP contribution < -0.4 is 10.2 Å². The molecule has 0 atom stereocenters. The second-order valence-corrected chi connectivity index (χ2v) is 6.27. The maximum atomic E-state index is 12.7. The molecular formula is C19H20F3N2O2+. The van der Waals surface area contributed by atoms with Crippen LogP contribution in [0.3, 0.4) is 0 Å². The average molecular weight is 365 g/mol. The largest absolute Gasteiger partial charge is 0.416 e. The molecule has 1 aliphatic heterocycles. The molecule has 26 heavy (non-hydrogen) atoms. The first-order valence-electron chi connectivity index (χ1n) is 8.41. The molecule has 0 bridgehead atoms. The molecule has 7 heteroatoms. The Hall–Kier alpha value is -2.38. The molecule has 0 saturated carbocycles. The Morgan fingerprint density at radius 1 is 1.08 bits per heavy atom. The molecule has 4 nitrogen and oxygen atoms in total. The van der Waals surface area contributed by atoms with E-state index in [9.17, 15) is 18.0 Å². The Morgan fingerprint density at radius 3 is 2.42 bits per heavy atom. The molecule has 2 aromatic rings. The van der Waals surface area contributed by atoms with Crippen molar-refractivity contribution in [2.45, 2.75) is 12.7 Å². The molecule has 1 heterocycles. The lowest BCUT2D eigenvalue weighted by atomic mass is 10.1. The number of halogens is 3. The summed E-state index contributed by atoms with van der Waals surface area (Å²) in [5.74, 6) is -0.436. The second-order valence-electron chi connectivity index (χ2n) is 6.27. The van der Waals surface area contributed by atoms with Crippen molar-refractivity contribution in [1.29, 1.82) is 0 Å². The summed E-state index contributed by atoms with van der Waals surface area (Å²) in [5.41, 5.74) is 0.839. The SMILES string of the molecule is O=C(Nc1cccc(C(F)(F)F)c1)c1ccc(C[NH+]2CCOCC2)cc1. The van der Waals surface area contributed by atoms with E-state index in [2.05, 4.69) is 5.32 Å². The molecule has 0 aliphatic carbocycles. The van der Waals surface area contributed by atoms with E-state index in [-0.39, 0.29) is 5.69 Å². The summed E-state index contributed by atoms with van der Waals surface area (Å²) in [5, 5.41) is 2.51. The predicted molar refractivity (Wildman–Crippen MR) is 91.1 cm³/mol. The van der Waals surface area contributed by atoms with Crippen molar-refractivity contribution < 1.29 is 27.6 Å². The predicted octanol–water partition coefficient (Wildman–Crippen LogP) is 2.37. The monoisotopic (exact) mass is 365 g/mol. The van der Waals surface area contributed by atoms with Gasteiger partial charge in [0.1, 0.15) is 19.6 Å². The average Bonchev–Trinajstić information content (AvgIpc) is 2.63. The molecular weight excluding hydrogens is 345 g/mol. The van der Waals surface area contributed by atoms with E-state index in [0.29, 0.717) is 5.56 Å². The van der Waals surface area contributed by atoms with Crippen LogP contribution in [0, 0.1) is 0 Å². The molecule has 138 valence electrons. The van der Waals surface area contributed by atoms with Crippen LogP contribution in [0.2, 0.25) is 0 Å². The molecule has 1 aliphatic rings. The fourth-order valence-corrected chi connectivity index (χ4v) is 2.88. The van der Waals surface area contributed by atoms with Gasteiger partial charge in [-0.2, -0.15) is 13.2 Å². The van der Waals surface area contributed by atoms with E-state index >= 15 is 0 Å². The van der Waals surface area contributed by atoms with E-state index in [1.54, 1.807) is 12.1 Å². The zero-order valence-corrected chi connectivity index (χ0v) is 14.1. The van der Waals surface area contributed by atoms with Crippen molar-refractivity contribution in [2.75, 3.05) is 31.6 Å². The quantitative estimate of drug-likeness (QED) is 0.874. The van der Waals surface area contributed by atoms with E-state index in [0.717, 1.165) is 50.5 Å². The van der Waals surface area contributed by atoms with E-state index in [1.807, 2.05) is 12.1 Å². The van der Waals surface area contributed by atoms with Gasteiger partial charge in [-0.1, -0.05) is 18.2 Å². The summed E-state index contributed by atoms with van der Waals surface area (Å²) in [4.78, 5) is 13.7. The molecule has 1 amide bonds. The molecule has 0 aromatic heterocycles.